The van der Waals surface area contributed by atoms with E-state index in [0.29, 0.717) is 17.2 Å². The van der Waals surface area contributed by atoms with E-state index < -0.39 is 26.5 Å². The largest absolute Gasteiger partial charge is 0.494 e. The lowest BCUT2D eigenvalue weighted by molar-refractivity contribution is -0.387. The smallest absolute Gasteiger partial charge is 0.307 e. The van der Waals surface area contributed by atoms with Crippen LogP contribution in [0.4, 0.5) is 33.1 Å². The minimum absolute atomic E-state index is 0.0278. The van der Waals surface area contributed by atoms with Crippen molar-refractivity contribution in [2.24, 2.45) is 0 Å². The van der Waals surface area contributed by atoms with Crippen molar-refractivity contribution in [3.8, 4) is 5.75 Å². The van der Waals surface area contributed by atoms with Gasteiger partial charge in [-0.05, 0) is 36.8 Å². The van der Waals surface area contributed by atoms with E-state index in [1.54, 1.807) is 31.2 Å². The van der Waals surface area contributed by atoms with E-state index in [9.17, 15) is 22.9 Å². The summed E-state index contributed by atoms with van der Waals surface area (Å²) in [5.74, 6) is -0.0248. The lowest BCUT2D eigenvalue weighted by atomic mass is 10.2. The van der Waals surface area contributed by atoms with E-state index in [2.05, 4.69) is 36.5 Å². The minimum atomic E-state index is -4.03. The first kappa shape index (κ1) is 28.4. The van der Waals surface area contributed by atoms with Crippen LogP contribution < -0.4 is 15.4 Å². The molecule has 38 heavy (non-hydrogen) atoms. The fourth-order valence-electron chi connectivity index (χ4n) is 3.14. The second kappa shape index (κ2) is 12.4. The Balaban J connectivity index is 0.000000304. The zero-order valence-corrected chi connectivity index (χ0v) is 22.3. The first-order chi connectivity index (χ1) is 18.0. The number of halogens is 2. The number of nitrogens with zero attached hydrogens (tertiary/aromatic N) is 3. The number of hydrogen-bond donors (Lipinski definition) is 3. The number of aryl methyl sites for hydroxylation is 1. The van der Waals surface area contributed by atoms with Crippen LogP contribution in [0.5, 0.6) is 5.75 Å². The van der Waals surface area contributed by atoms with Crippen LogP contribution in [0.1, 0.15) is 5.56 Å². The highest BCUT2D eigenvalue weighted by Gasteiger charge is 2.19. The maximum absolute atomic E-state index is 13.8. The topological polar surface area (TPSA) is 157 Å². The molecule has 1 heterocycles. The van der Waals surface area contributed by atoms with Crippen molar-refractivity contribution < 1.29 is 27.0 Å². The van der Waals surface area contributed by atoms with Crippen molar-refractivity contribution in [3.63, 3.8) is 0 Å². The number of ether oxygens (including phenoxy) is 1. The fourth-order valence-corrected chi connectivity index (χ4v) is 4.27. The van der Waals surface area contributed by atoms with E-state index in [4.69, 9.17) is 9.29 Å². The van der Waals surface area contributed by atoms with Gasteiger partial charge in [0.05, 0.1) is 22.6 Å². The maximum atomic E-state index is 13.8. The maximum Gasteiger partial charge on any atom is 0.307 e. The van der Waals surface area contributed by atoms with Crippen molar-refractivity contribution in [1.29, 1.82) is 0 Å². The molecule has 3 N–H and O–H groups in total. The average Bonchev–Trinajstić information content (AvgIpc) is 2.85. The summed E-state index contributed by atoms with van der Waals surface area (Å²) >= 11 is 3.39. The van der Waals surface area contributed by atoms with Crippen molar-refractivity contribution >= 4 is 54.7 Å². The highest BCUT2D eigenvalue weighted by molar-refractivity contribution is 9.10. The molecule has 0 amide bonds. The molecule has 0 spiro atoms. The quantitative estimate of drug-likeness (QED) is 0.129. The summed E-state index contributed by atoms with van der Waals surface area (Å²) in [5.41, 5.74) is 0.900. The summed E-state index contributed by atoms with van der Waals surface area (Å²) in [6.07, 6.45) is 1.33. The lowest BCUT2D eigenvalue weighted by Crippen LogP contribution is -2.02. The van der Waals surface area contributed by atoms with Crippen molar-refractivity contribution in [3.05, 3.63) is 99.0 Å². The molecule has 0 unspecified atom stereocenters. The summed E-state index contributed by atoms with van der Waals surface area (Å²) in [6, 6.07) is 17.4. The lowest BCUT2D eigenvalue weighted by Gasteiger charge is -2.12. The third-order valence-electron chi connectivity index (χ3n) is 4.86. The van der Waals surface area contributed by atoms with Gasteiger partial charge in [-0.3, -0.25) is 14.7 Å². The Labute approximate surface area is 225 Å². The van der Waals surface area contributed by atoms with Gasteiger partial charge in [0.1, 0.15) is 23.7 Å². The van der Waals surface area contributed by atoms with E-state index in [1.165, 1.54) is 19.5 Å². The number of nitro groups is 1. The van der Waals surface area contributed by atoms with E-state index in [-0.39, 0.29) is 16.3 Å². The highest BCUT2D eigenvalue weighted by Crippen LogP contribution is 2.33. The van der Waals surface area contributed by atoms with Crippen LogP contribution in [0, 0.1) is 22.9 Å². The normalized spacial score (nSPS) is 10.7. The molecule has 11 nitrogen and oxygen atoms in total. The third-order valence-corrected chi connectivity index (χ3v) is 6.37. The van der Waals surface area contributed by atoms with Crippen LogP contribution in [0.3, 0.4) is 0 Å². The van der Waals surface area contributed by atoms with Gasteiger partial charge in [0.25, 0.3) is 10.1 Å². The van der Waals surface area contributed by atoms with E-state index >= 15 is 0 Å². The van der Waals surface area contributed by atoms with Gasteiger partial charge in [0.15, 0.2) is 0 Å². The van der Waals surface area contributed by atoms with Crippen molar-refractivity contribution in [2.45, 2.75) is 11.8 Å². The van der Waals surface area contributed by atoms with Crippen molar-refractivity contribution in [2.75, 3.05) is 17.7 Å². The molecule has 0 saturated heterocycles. The van der Waals surface area contributed by atoms with Gasteiger partial charge in [0.2, 0.25) is 5.82 Å². The van der Waals surface area contributed by atoms with Crippen LogP contribution in [-0.4, -0.2) is 35.0 Å². The summed E-state index contributed by atoms with van der Waals surface area (Å²) in [6.45, 7) is 1.63. The molecule has 4 rings (SSSR count). The summed E-state index contributed by atoms with van der Waals surface area (Å²) in [5, 5.41) is 17.0. The molecule has 4 aromatic rings. The van der Waals surface area contributed by atoms with Crippen LogP contribution in [0.25, 0.3) is 0 Å². The van der Waals surface area contributed by atoms with Gasteiger partial charge >= 0.3 is 5.69 Å². The third kappa shape index (κ3) is 7.68. The van der Waals surface area contributed by atoms with Crippen LogP contribution in [-0.2, 0) is 10.1 Å². The number of benzene rings is 3. The van der Waals surface area contributed by atoms with Crippen LogP contribution in [0.2, 0.25) is 0 Å². The van der Waals surface area contributed by atoms with Crippen LogP contribution >= 0.6 is 15.9 Å². The number of nitro benzene ring substituents is 1. The first-order valence-corrected chi connectivity index (χ1v) is 12.9. The highest BCUT2D eigenvalue weighted by atomic mass is 79.9. The van der Waals surface area contributed by atoms with E-state index in [0.717, 1.165) is 22.3 Å². The number of rotatable bonds is 7. The fraction of sp³-hybridized carbons (Fsp3) is 0.0833. The predicted molar refractivity (Wildman–Crippen MR) is 143 cm³/mol. The zero-order valence-electron chi connectivity index (χ0n) is 19.9. The second-order valence-corrected chi connectivity index (χ2v) is 9.86. The number of anilines is 4. The van der Waals surface area contributed by atoms with Crippen molar-refractivity contribution in [1.82, 2.24) is 9.97 Å². The van der Waals surface area contributed by atoms with Gasteiger partial charge in [-0.15, -0.1) is 0 Å². The van der Waals surface area contributed by atoms with Gasteiger partial charge in [0, 0.05) is 28.4 Å². The van der Waals surface area contributed by atoms with E-state index in [1.807, 2.05) is 24.3 Å². The molecule has 198 valence electrons. The first-order valence-electron chi connectivity index (χ1n) is 10.6. The van der Waals surface area contributed by atoms with Gasteiger partial charge in [-0.25, -0.2) is 9.97 Å². The number of aromatic nitrogens is 2. The molecule has 1 aromatic heterocycles. The van der Waals surface area contributed by atoms with Crippen LogP contribution in [0.15, 0.2) is 82.4 Å². The monoisotopic (exact) mass is 605 g/mol. The Bertz CT molecular complexity index is 1570. The van der Waals surface area contributed by atoms with Gasteiger partial charge in [-0.1, -0.05) is 40.2 Å². The molecule has 0 atom stereocenters. The zero-order chi connectivity index (χ0) is 27.9. The Morgan fingerprint density at radius 1 is 1.03 bits per heavy atom. The molecule has 0 aliphatic rings. The molecule has 0 radical (unpaired) electrons. The average molecular weight is 606 g/mol. The summed E-state index contributed by atoms with van der Waals surface area (Å²) in [7, 11) is -2.69. The number of nitrogens with one attached hydrogen (secondary N) is 2. The molecule has 0 saturated carbocycles. The summed E-state index contributed by atoms with van der Waals surface area (Å²) < 4.78 is 49.6. The predicted octanol–water partition coefficient (Wildman–Crippen LogP) is 6.02. The summed E-state index contributed by atoms with van der Waals surface area (Å²) in [4.78, 5) is 18.3. The molecule has 0 aliphatic heterocycles. The minimum Gasteiger partial charge on any atom is -0.494 e. The Morgan fingerprint density at radius 3 is 2.29 bits per heavy atom. The van der Waals surface area contributed by atoms with Gasteiger partial charge in [-0.2, -0.15) is 12.8 Å². The number of hydrogen-bond acceptors (Lipinski definition) is 9. The van der Waals surface area contributed by atoms with Gasteiger partial charge < -0.3 is 15.4 Å². The second-order valence-electron chi connectivity index (χ2n) is 7.55. The SMILES string of the molecule is COc1cc(F)c([N+](=O)[O-])cc1Nc1cc(Nc2cccc(Br)c2)ncn1.Cc1ccccc1S(=O)(=O)O. The molecule has 0 aliphatic carbocycles. The Kier molecular flexibility index (Phi) is 9.28. The Morgan fingerprint density at radius 2 is 1.71 bits per heavy atom. The standard InChI is InChI=1S/C17H13BrFN5O3.C7H8O3S/c1-27-15-6-12(19)14(24(25)26)7-13(15)23-17-8-16(20-9-21-17)22-11-4-2-3-10(18)5-11;1-6-4-2-3-5-7(6)11(8,9)10/h2-9H,1H3,(H2,20,21,22,23);2-5H,1H3,(H,8,9,10). The Hall–Kier alpha value is -4.14. The molecule has 0 bridgehead atoms. The number of methoxy groups -OCH3 is 1. The molecular weight excluding hydrogens is 585 g/mol. The molecular formula is C24H21BrFN5O6S. The molecule has 0 fully saturated rings. The molecule has 14 heteroatoms. The molecule has 3 aromatic carbocycles.